The van der Waals surface area contributed by atoms with Gasteiger partial charge >= 0.3 is 0 Å². The minimum absolute atomic E-state index is 0.0631. The fraction of sp³-hybridized carbons (Fsp3) is 0.348. The molecule has 0 saturated carbocycles. The van der Waals surface area contributed by atoms with Gasteiger partial charge in [0.1, 0.15) is 5.82 Å². The SMILES string of the molecule is Cc1c(-c2cnco2)cnc(N2CCCC(F)(F)CC2)c1C(=O)Nc1cccc([S@](C)(=N)=O)c1. The van der Waals surface area contributed by atoms with Crippen molar-refractivity contribution in [1.29, 1.82) is 4.78 Å². The zero-order valence-corrected chi connectivity index (χ0v) is 19.6. The van der Waals surface area contributed by atoms with Gasteiger partial charge in [-0.05, 0) is 37.1 Å². The summed E-state index contributed by atoms with van der Waals surface area (Å²) in [7, 11) is -2.97. The highest BCUT2D eigenvalue weighted by molar-refractivity contribution is 7.91. The molecule has 180 valence electrons. The molecule has 0 bridgehead atoms. The molecule has 2 aromatic heterocycles. The second-order valence-corrected chi connectivity index (χ2v) is 10.5. The molecule has 0 spiro atoms. The number of alkyl halides is 2. The predicted molar refractivity (Wildman–Crippen MR) is 125 cm³/mol. The van der Waals surface area contributed by atoms with Crippen LogP contribution in [-0.4, -0.2) is 45.4 Å². The van der Waals surface area contributed by atoms with Crippen LogP contribution in [0.15, 0.2) is 52.4 Å². The summed E-state index contributed by atoms with van der Waals surface area (Å²) < 4.78 is 53.3. The lowest BCUT2D eigenvalue weighted by atomic mass is 10.0. The number of nitrogens with zero attached hydrogens (tertiary/aromatic N) is 3. The molecule has 3 aromatic rings. The van der Waals surface area contributed by atoms with Gasteiger partial charge in [0.2, 0.25) is 5.92 Å². The van der Waals surface area contributed by atoms with E-state index in [9.17, 15) is 17.8 Å². The summed E-state index contributed by atoms with van der Waals surface area (Å²) in [4.78, 5) is 23.9. The first-order valence-electron chi connectivity index (χ1n) is 10.7. The molecule has 1 aliphatic rings. The fourth-order valence-electron chi connectivity index (χ4n) is 3.98. The van der Waals surface area contributed by atoms with Crippen molar-refractivity contribution in [2.24, 2.45) is 0 Å². The maximum Gasteiger partial charge on any atom is 0.259 e. The van der Waals surface area contributed by atoms with Crippen molar-refractivity contribution in [3.8, 4) is 11.3 Å². The van der Waals surface area contributed by atoms with Gasteiger partial charge in [-0.1, -0.05) is 6.07 Å². The summed E-state index contributed by atoms with van der Waals surface area (Å²) in [6.45, 7) is 2.15. The molecule has 1 atom stereocenters. The van der Waals surface area contributed by atoms with Gasteiger partial charge in [-0.25, -0.2) is 27.7 Å². The lowest BCUT2D eigenvalue weighted by Crippen LogP contribution is -2.30. The summed E-state index contributed by atoms with van der Waals surface area (Å²) in [5.41, 5.74) is 1.71. The van der Waals surface area contributed by atoms with Crippen molar-refractivity contribution in [3.05, 3.63) is 54.2 Å². The molecule has 2 N–H and O–H groups in total. The topological polar surface area (TPSA) is 112 Å². The third-order valence-electron chi connectivity index (χ3n) is 5.80. The Morgan fingerprint density at radius 3 is 2.76 bits per heavy atom. The Morgan fingerprint density at radius 1 is 1.26 bits per heavy atom. The van der Waals surface area contributed by atoms with E-state index in [2.05, 4.69) is 15.3 Å². The first-order valence-corrected chi connectivity index (χ1v) is 12.7. The first kappa shape index (κ1) is 23.8. The van der Waals surface area contributed by atoms with E-state index < -0.39 is 21.6 Å². The van der Waals surface area contributed by atoms with Crippen molar-refractivity contribution >= 4 is 27.1 Å². The summed E-state index contributed by atoms with van der Waals surface area (Å²) in [6, 6.07) is 6.28. The average Bonchev–Trinajstić information content (AvgIpc) is 3.23. The van der Waals surface area contributed by atoms with Crippen molar-refractivity contribution in [1.82, 2.24) is 9.97 Å². The maximum absolute atomic E-state index is 14.0. The fourth-order valence-corrected chi connectivity index (χ4v) is 4.67. The number of pyridine rings is 1. The molecule has 1 amide bonds. The standard InChI is InChI=1S/C23H25F2N5O3S/c1-15-18(19-13-27-14-33-19)12-28-21(30-9-4-7-23(24,25)8-10-30)20(15)22(31)29-16-5-3-6-17(11-16)34(2,26)32/h3,5-6,11-14,26H,4,7-10H2,1-2H3,(H,29,31)/t34-/m1/s1. The Balaban J connectivity index is 1.75. The van der Waals surface area contributed by atoms with Crippen LogP contribution in [0, 0.1) is 11.7 Å². The van der Waals surface area contributed by atoms with E-state index in [1.807, 2.05) is 0 Å². The van der Waals surface area contributed by atoms with Crippen LogP contribution in [0.2, 0.25) is 0 Å². The number of rotatable bonds is 5. The maximum atomic E-state index is 14.0. The van der Waals surface area contributed by atoms with E-state index in [0.717, 1.165) is 0 Å². The van der Waals surface area contributed by atoms with Gasteiger partial charge in [0.25, 0.3) is 5.91 Å². The molecule has 8 nitrogen and oxygen atoms in total. The monoisotopic (exact) mass is 489 g/mol. The van der Waals surface area contributed by atoms with E-state index in [-0.39, 0.29) is 36.3 Å². The minimum atomic E-state index is -2.97. The Kier molecular flexibility index (Phi) is 6.39. The molecule has 0 unspecified atom stereocenters. The summed E-state index contributed by atoms with van der Waals surface area (Å²) in [5.74, 6) is -2.51. The van der Waals surface area contributed by atoms with Crippen LogP contribution < -0.4 is 10.2 Å². The summed E-state index contributed by atoms with van der Waals surface area (Å²) in [5, 5.41) is 2.79. The number of hydrogen-bond acceptors (Lipinski definition) is 7. The zero-order valence-electron chi connectivity index (χ0n) is 18.8. The molecule has 0 radical (unpaired) electrons. The first-order chi connectivity index (χ1) is 16.0. The molecule has 4 rings (SSSR count). The third kappa shape index (κ3) is 5.09. The number of nitrogens with one attached hydrogen (secondary N) is 2. The number of carbonyl (C=O) groups is 1. The summed E-state index contributed by atoms with van der Waals surface area (Å²) in [6.07, 6.45) is 5.37. The molecule has 34 heavy (non-hydrogen) atoms. The van der Waals surface area contributed by atoms with Gasteiger partial charge in [-0.3, -0.25) is 4.79 Å². The number of aromatic nitrogens is 2. The van der Waals surface area contributed by atoms with E-state index >= 15 is 0 Å². The van der Waals surface area contributed by atoms with Crippen LogP contribution >= 0.6 is 0 Å². The minimum Gasteiger partial charge on any atom is -0.443 e. The molecule has 0 aliphatic carbocycles. The predicted octanol–water partition coefficient (Wildman–Crippen LogP) is 4.96. The quantitative estimate of drug-likeness (QED) is 0.524. The lowest BCUT2D eigenvalue weighted by molar-refractivity contribution is -0.0102. The van der Waals surface area contributed by atoms with Crippen molar-refractivity contribution < 1.29 is 22.2 Å². The normalized spacial score (nSPS) is 17.6. The van der Waals surface area contributed by atoms with Crippen LogP contribution in [0.25, 0.3) is 11.3 Å². The van der Waals surface area contributed by atoms with Gasteiger partial charge in [0.15, 0.2) is 12.2 Å². The number of oxazole rings is 1. The molecule has 1 fully saturated rings. The molecule has 1 aromatic carbocycles. The number of anilines is 2. The molecular weight excluding hydrogens is 464 g/mol. The van der Waals surface area contributed by atoms with Gasteiger partial charge in [0, 0.05) is 54.5 Å². The Morgan fingerprint density at radius 2 is 2.06 bits per heavy atom. The van der Waals surface area contributed by atoms with Crippen LogP contribution in [0.1, 0.15) is 35.2 Å². The largest absolute Gasteiger partial charge is 0.443 e. The number of halogens is 2. The Hall–Kier alpha value is -3.34. The number of carbonyl (C=O) groups excluding carboxylic acids is 1. The number of amides is 1. The van der Waals surface area contributed by atoms with Crippen LogP contribution in [0.4, 0.5) is 20.3 Å². The summed E-state index contributed by atoms with van der Waals surface area (Å²) >= 11 is 0. The molecule has 11 heteroatoms. The Labute approximate surface area is 196 Å². The van der Waals surface area contributed by atoms with Crippen LogP contribution in [-0.2, 0) is 9.73 Å². The molecule has 1 saturated heterocycles. The van der Waals surface area contributed by atoms with Crippen LogP contribution in [0.5, 0.6) is 0 Å². The van der Waals surface area contributed by atoms with Crippen molar-refractivity contribution in [3.63, 3.8) is 0 Å². The van der Waals surface area contributed by atoms with Gasteiger partial charge in [0.05, 0.1) is 21.5 Å². The van der Waals surface area contributed by atoms with E-state index in [4.69, 9.17) is 9.20 Å². The average molecular weight is 490 g/mol. The van der Waals surface area contributed by atoms with Crippen LogP contribution in [0.3, 0.4) is 0 Å². The highest BCUT2D eigenvalue weighted by Gasteiger charge is 2.33. The molecule has 3 heterocycles. The highest BCUT2D eigenvalue weighted by atomic mass is 32.2. The lowest BCUT2D eigenvalue weighted by Gasteiger charge is -2.25. The second kappa shape index (κ2) is 9.13. The van der Waals surface area contributed by atoms with Crippen molar-refractivity contribution in [2.45, 2.75) is 37.0 Å². The smallest absolute Gasteiger partial charge is 0.259 e. The third-order valence-corrected chi connectivity index (χ3v) is 6.96. The van der Waals surface area contributed by atoms with Gasteiger partial charge in [-0.2, -0.15) is 0 Å². The number of hydrogen-bond donors (Lipinski definition) is 2. The highest BCUT2D eigenvalue weighted by Crippen LogP contribution is 2.34. The van der Waals surface area contributed by atoms with E-state index in [1.165, 1.54) is 24.9 Å². The Bertz CT molecular complexity index is 1310. The van der Waals surface area contributed by atoms with E-state index in [0.29, 0.717) is 34.9 Å². The second-order valence-electron chi connectivity index (χ2n) is 8.38. The van der Waals surface area contributed by atoms with E-state index in [1.54, 1.807) is 36.2 Å². The van der Waals surface area contributed by atoms with Gasteiger partial charge in [-0.15, -0.1) is 0 Å². The van der Waals surface area contributed by atoms with Gasteiger partial charge < -0.3 is 14.6 Å². The zero-order chi connectivity index (χ0) is 24.5. The number of benzene rings is 1. The molecule has 1 aliphatic heterocycles. The molecular formula is C23H25F2N5O3S. The van der Waals surface area contributed by atoms with Crippen molar-refractivity contribution in [2.75, 3.05) is 29.6 Å².